The van der Waals surface area contributed by atoms with E-state index >= 15 is 0 Å². The predicted molar refractivity (Wildman–Crippen MR) is 87.6 cm³/mol. The smallest absolute Gasteiger partial charge is 0.234 e. The van der Waals surface area contributed by atoms with Gasteiger partial charge in [0.15, 0.2) is 5.78 Å². The van der Waals surface area contributed by atoms with Crippen molar-refractivity contribution in [3.63, 3.8) is 0 Å². The second-order valence-electron chi connectivity index (χ2n) is 6.24. The number of Topliss-reactive ketones (excluding diaryl/α,β-unsaturated/α-hetero) is 1. The second-order valence-corrected chi connectivity index (χ2v) is 6.24. The molecule has 1 saturated heterocycles. The van der Waals surface area contributed by atoms with E-state index in [4.69, 9.17) is 0 Å². The zero-order valence-corrected chi connectivity index (χ0v) is 13.5. The summed E-state index contributed by atoms with van der Waals surface area (Å²) in [5.74, 6) is -0.0474. The number of nitrogens with zero attached hydrogens (tertiary/aromatic N) is 1. The molecule has 0 bridgehead atoms. The Morgan fingerprint density at radius 1 is 1.27 bits per heavy atom. The van der Waals surface area contributed by atoms with Crippen LogP contribution in [0.2, 0.25) is 0 Å². The molecule has 0 aromatic heterocycles. The van der Waals surface area contributed by atoms with E-state index in [1.807, 2.05) is 30.3 Å². The van der Waals surface area contributed by atoms with Gasteiger partial charge in [-0.05, 0) is 45.2 Å². The van der Waals surface area contributed by atoms with E-state index in [1.165, 1.54) is 13.3 Å². The highest BCUT2D eigenvalue weighted by Gasteiger charge is 2.23. The van der Waals surface area contributed by atoms with Gasteiger partial charge in [0.05, 0.1) is 12.6 Å². The average molecular weight is 302 g/mol. The van der Waals surface area contributed by atoms with Gasteiger partial charge in [-0.2, -0.15) is 0 Å². The average Bonchev–Trinajstić information content (AvgIpc) is 2.50. The topological polar surface area (TPSA) is 49.4 Å². The lowest BCUT2D eigenvalue weighted by Gasteiger charge is -2.33. The van der Waals surface area contributed by atoms with Crippen molar-refractivity contribution >= 4 is 11.7 Å². The van der Waals surface area contributed by atoms with Gasteiger partial charge in [-0.15, -0.1) is 0 Å². The first-order valence-electron chi connectivity index (χ1n) is 8.14. The Morgan fingerprint density at radius 2 is 2.00 bits per heavy atom. The van der Waals surface area contributed by atoms with Crippen LogP contribution in [0.1, 0.15) is 38.7 Å². The molecule has 0 saturated carbocycles. The number of carbonyl (C=O) groups excluding carboxylic acids is 2. The van der Waals surface area contributed by atoms with E-state index < -0.39 is 6.04 Å². The van der Waals surface area contributed by atoms with E-state index in [1.54, 1.807) is 0 Å². The summed E-state index contributed by atoms with van der Waals surface area (Å²) in [5, 5.41) is 2.90. The van der Waals surface area contributed by atoms with Crippen LogP contribution >= 0.6 is 0 Å². The summed E-state index contributed by atoms with van der Waals surface area (Å²) in [4.78, 5) is 26.3. The normalized spacial score (nSPS) is 20.4. The Hall–Kier alpha value is -1.68. The third-order valence-electron chi connectivity index (χ3n) is 4.40. The van der Waals surface area contributed by atoms with Crippen LogP contribution in [0.3, 0.4) is 0 Å². The van der Waals surface area contributed by atoms with Gasteiger partial charge in [0.25, 0.3) is 0 Å². The Labute approximate surface area is 132 Å². The molecule has 0 radical (unpaired) electrons. The number of likely N-dealkylation sites (tertiary alicyclic amines) is 1. The Morgan fingerprint density at radius 3 is 2.64 bits per heavy atom. The molecule has 1 aromatic carbocycles. The summed E-state index contributed by atoms with van der Waals surface area (Å²) < 4.78 is 0. The number of amides is 1. The molecule has 2 rings (SSSR count). The molecule has 4 heteroatoms. The van der Waals surface area contributed by atoms with Gasteiger partial charge >= 0.3 is 0 Å². The summed E-state index contributed by atoms with van der Waals surface area (Å²) in [6.07, 6.45) is 4.09. The van der Waals surface area contributed by atoms with Gasteiger partial charge < -0.3 is 5.32 Å². The number of ketones is 1. The maximum Gasteiger partial charge on any atom is 0.234 e. The van der Waals surface area contributed by atoms with Gasteiger partial charge in [-0.1, -0.05) is 36.8 Å². The molecule has 1 aromatic rings. The number of piperidine rings is 1. The van der Waals surface area contributed by atoms with Crippen LogP contribution in [0.15, 0.2) is 30.3 Å². The summed E-state index contributed by atoms with van der Waals surface area (Å²) in [6, 6.07) is 9.82. The Balaban J connectivity index is 1.90. The summed E-state index contributed by atoms with van der Waals surface area (Å²) in [5.41, 5.74) is 1.06. The van der Waals surface area contributed by atoms with Crippen molar-refractivity contribution in [3.05, 3.63) is 35.9 Å². The standard InChI is InChI=1S/C18H26N2O2/c1-14-8-6-7-11-20(14)13-18(22)19-17(15(2)21)12-16-9-4-3-5-10-16/h3-5,9-10,14,17H,6-8,11-13H2,1-2H3,(H,19,22)/t14-,17-/m0/s1. The first-order valence-corrected chi connectivity index (χ1v) is 8.14. The maximum absolute atomic E-state index is 12.3. The molecular formula is C18H26N2O2. The molecule has 1 aliphatic heterocycles. The fourth-order valence-electron chi connectivity index (χ4n) is 2.96. The molecule has 1 aliphatic rings. The molecule has 1 N–H and O–H groups in total. The molecule has 0 unspecified atom stereocenters. The first-order chi connectivity index (χ1) is 10.6. The highest BCUT2D eigenvalue weighted by Crippen LogP contribution is 2.15. The van der Waals surface area contributed by atoms with E-state index in [2.05, 4.69) is 17.1 Å². The zero-order chi connectivity index (χ0) is 15.9. The fourth-order valence-corrected chi connectivity index (χ4v) is 2.96. The van der Waals surface area contributed by atoms with Crippen molar-refractivity contribution in [2.75, 3.05) is 13.1 Å². The Bertz CT molecular complexity index is 501. The van der Waals surface area contributed by atoms with Crippen LogP contribution in [0.25, 0.3) is 0 Å². The van der Waals surface area contributed by atoms with E-state index in [9.17, 15) is 9.59 Å². The summed E-state index contributed by atoms with van der Waals surface area (Å²) in [6.45, 7) is 5.06. The number of benzene rings is 1. The molecule has 0 aliphatic carbocycles. The molecule has 1 fully saturated rings. The minimum absolute atomic E-state index is 0.00361. The van der Waals surface area contributed by atoms with Crippen molar-refractivity contribution in [1.29, 1.82) is 0 Å². The molecule has 120 valence electrons. The van der Waals surface area contributed by atoms with E-state index in [-0.39, 0.29) is 11.7 Å². The molecular weight excluding hydrogens is 276 g/mol. The van der Waals surface area contributed by atoms with Crippen LogP contribution in [0.4, 0.5) is 0 Å². The van der Waals surface area contributed by atoms with Crippen LogP contribution in [0.5, 0.6) is 0 Å². The summed E-state index contributed by atoms with van der Waals surface area (Å²) >= 11 is 0. The van der Waals surface area contributed by atoms with Crippen molar-refractivity contribution in [3.8, 4) is 0 Å². The van der Waals surface area contributed by atoms with E-state index in [0.29, 0.717) is 19.0 Å². The lowest BCUT2D eigenvalue weighted by atomic mass is 10.0. The fraction of sp³-hybridized carbons (Fsp3) is 0.556. The predicted octanol–water partition coefficient (Wildman–Crippen LogP) is 2.18. The second kappa shape index (κ2) is 8.08. The highest BCUT2D eigenvalue weighted by molar-refractivity contribution is 5.88. The molecule has 1 heterocycles. The number of hydrogen-bond acceptors (Lipinski definition) is 3. The van der Waals surface area contributed by atoms with Crippen molar-refractivity contribution < 1.29 is 9.59 Å². The number of nitrogens with one attached hydrogen (secondary N) is 1. The first kappa shape index (κ1) is 16.7. The van der Waals surface area contributed by atoms with Gasteiger partial charge in [-0.3, -0.25) is 14.5 Å². The number of carbonyl (C=O) groups is 2. The minimum atomic E-state index is -0.435. The van der Waals surface area contributed by atoms with Crippen LogP contribution in [-0.4, -0.2) is 41.8 Å². The quantitative estimate of drug-likeness (QED) is 0.876. The number of rotatable bonds is 6. The lowest BCUT2D eigenvalue weighted by molar-refractivity contribution is -0.128. The maximum atomic E-state index is 12.3. The third-order valence-corrected chi connectivity index (χ3v) is 4.40. The van der Waals surface area contributed by atoms with Crippen LogP contribution in [-0.2, 0) is 16.0 Å². The third kappa shape index (κ3) is 4.95. The van der Waals surface area contributed by atoms with Crippen LogP contribution < -0.4 is 5.32 Å². The monoisotopic (exact) mass is 302 g/mol. The molecule has 2 atom stereocenters. The van der Waals surface area contributed by atoms with E-state index in [0.717, 1.165) is 24.9 Å². The largest absolute Gasteiger partial charge is 0.345 e. The lowest BCUT2D eigenvalue weighted by Crippen LogP contribution is -2.48. The number of hydrogen-bond donors (Lipinski definition) is 1. The van der Waals surface area contributed by atoms with Gasteiger partial charge in [0.2, 0.25) is 5.91 Å². The Kier molecular flexibility index (Phi) is 6.13. The minimum Gasteiger partial charge on any atom is -0.345 e. The highest BCUT2D eigenvalue weighted by atomic mass is 16.2. The SMILES string of the molecule is CC(=O)[C@H](Cc1ccccc1)NC(=O)CN1CCCC[C@@H]1C. The van der Waals surface area contributed by atoms with Gasteiger partial charge in [0, 0.05) is 6.04 Å². The van der Waals surface area contributed by atoms with Crippen molar-refractivity contribution in [1.82, 2.24) is 10.2 Å². The van der Waals surface area contributed by atoms with Gasteiger partial charge in [-0.25, -0.2) is 0 Å². The van der Waals surface area contributed by atoms with Crippen molar-refractivity contribution in [2.24, 2.45) is 0 Å². The molecule has 1 amide bonds. The zero-order valence-electron chi connectivity index (χ0n) is 13.5. The molecule has 0 spiro atoms. The van der Waals surface area contributed by atoms with Crippen molar-refractivity contribution in [2.45, 2.75) is 51.6 Å². The summed E-state index contributed by atoms with van der Waals surface area (Å²) in [7, 11) is 0. The molecule has 22 heavy (non-hydrogen) atoms. The van der Waals surface area contributed by atoms with Crippen LogP contribution in [0, 0.1) is 0 Å². The molecule has 4 nitrogen and oxygen atoms in total. The van der Waals surface area contributed by atoms with Gasteiger partial charge in [0.1, 0.15) is 0 Å².